The second-order valence-corrected chi connectivity index (χ2v) is 5.09. The Kier molecular flexibility index (Phi) is 4.62. The first kappa shape index (κ1) is 15.1. The average Bonchev–Trinajstić information content (AvgIpc) is 2.50. The van der Waals surface area contributed by atoms with Crippen LogP contribution in [-0.4, -0.2) is 41.6 Å². The maximum Gasteiger partial charge on any atom is 0.324 e. The minimum Gasteiger partial charge on any atom is -0.481 e. The van der Waals surface area contributed by atoms with E-state index in [0.29, 0.717) is 19.5 Å². The van der Waals surface area contributed by atoms with Gasteiger partial charge in [-0.25, -0.2) is 4.79 Å². The third-order valence-electron chi connectivity index (χ3n) is 3.73. The van der Waals surface area contributed by atoms with Crippen LogP contribution in [0.2, 0.25) is 0 Å². The number of anilines is 1. The number of carbonyl (C=O) groups is 2. The van der Waals surface area contributed by atoms with Crippen molar-refractivity contribution in [3.63, 3.8) is 0 Å². The maximum atomic E-state index is 12.7. The number of likely N-dealkylation sites (N-methyl/N-ethyl adjacent to an activating group) is 1. The lowest BCUT2D eigenvalue weighted by Crippen LogP contribution is -2.49. The summed E-state index contributed by atoms with van der Waals surface area (Å²) in [6, 6.07) is 7.31. The van der Waals surface area contributed by atoms with Crippen LogP contribution < -0.4 is 4.90 Å². The molecule has 21 heavy (non-hydrogen) atoms. The van der Waals surface area contributed by atoms with Crippen molar-refractivity contribution in [3.05, 3.63) is 42.5 Å². The summed E-state index contributed by atoms with van der Waals surface area (Å²) in [7, 11) is 0. The number of urea groups is 1. The predicted molar refractivity (Wildman–Crippen MR) is 81.5 cm³/mol. The Bertz CT molecular complexity index is 556. The molecule has 1 aromatic rings. The molecule has 0 spiro atoms. The van der Waals surface area contributed by atoms with Crippen LogP contribution in [-0.2, 0) is 11.2 Å². The van der Waals surface area contributed by atoms with E-state index in [1.54, 1.807) is 15.9 Å². The van der Waals surface area contributed by atoms with E-state index in [0.717, 1.165) is 11.3 Å². The molecule has 1 N–H and O–H groups in total. The Balaban J connectivity index is 2.34. The van der Waals surface area contributed by atoms with Crippen molar-refractivity contribution >= 4 is 17.7 Å². The van der Waals surface area contributed by atoms with E-state index >= 15 is 0 Å². The van der Waals surface area contributed by atoms with E-state index in [2.05, 4.69) is 6.58 Å². The Labute approximate surface area is 124 Å². The fourth-order valence-corrected chi connectivity index (χ4v) is 2.61. The first-order valence-corrected chi connectivity index (χ1v) is 7.06. The van der Waals surface area contributed by atoms with E-state index in [1.165, 1.54) is 0 Å². The number of hydrogen-bond acceptors (Lipinski definition) is 2. The Morgan fingerprint density at radius 3 is 2.81 bits per heavy atom. The summed E-state index contributed by atoms with van der Waals surface area (Å²) in [5, 5.41) is 9.29. The van der Waals surface area contributed by atoms with Crippen molar-refractivity contribution in [1.82, 2.24) is 4.90 Å². The number of carboxylic acid groups (broad SMARTS) is 1. The SMILES string of the molecule is C=CCN(CC)C(=O)N1CC(C(=O)O)Cc2ccccc21. The summed E-state index contributed by atoms with van der Waals surface area (Å²) in [6.07, 6.45) is 2.13. The van der Waals surface area contributed by atoms with Gasteiger partial charge in [-0.1, -0.05) is 24.3 Å². The molecule has 0 radical (unpaired) electrons. The first-order chi connectivity index (χ1) is 10.1. The molecular weight excluding hydrogens is 268 g/mol. The number of amides is 2. The first-order valence-electron chi connectivity index (χ1n) is 7.06. The quantitative estimate of drug-likeness (QED) is 0.865. The Morgan fingerprint density at radius 1 is 1.48 bits per heavy atom. The van der Waals surface area contributed by atoms with Gasteiger partial charge in [0, 0.05) is 25.3 Å². The van der Waals surface area contributed by atoms with Gasteiger partial charge in [0.2, 0.25) is 0 Å². The molecule has 0 aromatic heterocycles. The third-order valence-corrected chi connectivity index (χ3v) is 3.73. The van der Waals surface area contributed by atoms with Crippen LogP contribution in [0.4, 0.5) is 10.5 Å². The third kappa shape index (κ3) is 3.07. The highest BCUT2D eigenvalue weighted by molar-refractivity contribution is 5.94. The molecule has 1 atom stereocenters. The summed E-state index contributed by atoms with van der Waals surface area (Å²) in [5.74, 6) is -1.43. The van der Waals surface area contributed by atoms with Gasteiger partial charge in [0.05, 0.1) is 5.92 Å². The molecule has 5 heteroatoms. The number of fused-ring (bicyclic) bond motifs is 1. The van der Waals surface area contributed by atoms with Gasteiger partial charge in [0.15, 0.2) is 0 Å². The van der Waals surface area contributed by atoms with E-state index in [1.807, 2.05) is 31.2 Å². The van der Waals surface area contributed by atoms with Crippen molar-refractivity contribution in [2.75, 3.05) is 24.5 Å². The van der Waals surface area contributed by atoms with E-state index in [9.17, 15) is 14.7 Å². The normalized spacial score (nSPS) is 17.0. The molecule has 0 bridgehead atoms. The van der Waals surface area contributed by atoms with Crippen molar-refractivity contribution in [2.45, 2.75) is 13.3 Å². The molecule has 0 saturated carbocycles. The largest absolute Gasteiger partial charge is 0.481 e. The summed E-state index contributed by atoms with van der Waals surface area (Å²) >= 11 is 0. The highest BCUT2D eigenvalue weighted by atomic mass is 16.4. The number of nitrogens with zero attached hydrogens (tertiary/aromatic N) is 2. The van der Waals surface area contributed by atoms with Gasteiger partial charge in [-0.2, -0.15) is 0 Å². The Hall–Kier alpha value is -2.30. The molecule has 1 unspecified atom stereocenters. The number of aliphatic carboxylic acids is 1. The molecule has 1 aliphatic heterocycles. The van der Waals surface area contributed by atoms with Crippen LogP contribution in [0.5, 0.6) is 0 Å². The fourth-order valence-electron chi connectivity index (χ4n) is 2.61. The van der Waals surface area contributed by atoms with Crippen LogP contribution in [0.3, 0.4) is 0 Å². The zero-order valence-electron chi connectivity index (χ0n) is 12.2. The van der Waals surface area contributed by atoms with Crippen molar-refractivity contribution in [2.24, 2.45) is 5.92 Å². The highest BCUT2D eigenvalue weighted by Gasteiger charge is 2.33. The molecule has 0 fully saturated rings. The molecule has 112 valence electrons. The molecule has 5 nitrogen and oxygen atoms in total. The van der Waals surface area contributed by atoms with Gasteiger partial charge < -0.3 is 10.0 Å². The van der Waals surface area contributed by atoms with E-state index < -0.39 is 11.9 Å². The zero-order chi connectivity index (χ0) is 15.4. The molecule has 1 aromatic carbocycles. The monoisotopic (exact) mass is 288 g/mol. The van der Waals surface area contributed by atoms with Crippen LogP contribution in [0, 0.1) is 5.92 Å². The molecule has 2 amide bonds. The smallest absolute Gasteiger partial charge is 0.324 e. The van der Waals surface area contributed by atoms with Crippen LogP contribution in [0.25, 0.3) is 0 Å². The number of rotatable bonds is 4. The molecule has 0 aliphatic carbocycles. The summed E-state index contributed by atoms with van der Waals surface area (Å²) in [5.41, 5.74) is 1.71. The number of hydrogen-bond donors (Lipinski definition) is 1. The number of carboxylic acids is 1. The standard InChI is InChI=1S/C16H20N2O3/c1-3-9-17(4-2)16(21)18-11-13(15(19)20)10-12-7-5-6-8-14(12)18/h3,5-8,13H,1,4,9-11H2,2H3,(H,19,20). The summed E-state index contributed by atoms with van der Waals surface area (Å²) in [4.78, 5) is 27.2. The Morgan fingerprint density at radius 2 is 2.19 bits per heavy atom. The molecule has 0 saturated heterocycles. The van der Waals surface area contributed by atoms with Crippen LogP contribution in [0.15, 0.2) is 36.9 Å². The second-order valence-electron chi connectivity index (χ2n) is 5.09. The van der Waals surface area contributed by atoms with Gasteiger partial charge in [0.25, 0.3) is 0 Å². The minimum absolute atomic E-state index is 0.171. The van der Waals surface area contributed by atoms with Gasteiger partial charge >= 0.3 is 12.0 Å². The number of carbonyl (C=O) groups excluding carboxylic acids is 1. The van der Waals surface area contributed by atoms with Crippen molar-refractivity contribution < 1.29 is 14.7 Å². The molecule has 1 aliphatic rings. The minimum atomic E-state index is -0.867. The summed E-state index contributed by atoms with van der Waals surface area (Å²) < 4.78 is 0. The van der Waals surface area contributed by atoms with Gasteiger partial charge in [-0.3, -0.25) is 9.69 Å². The summed E-state index contributed by atoms with van der Waals surface area (Å²) in [6.45, 7) is 6.77. The number of benzene rings is 1. The lowest BCUT2D eigenvalue weighted by Gasteiger charge is -2.36. The zero-order valence-corrected chi connectivity index (χ0v) is 12.2. The number of para-hydroxylation sites is 1. The van der Waals surface area contributed by atoms with E-state index in [4.69, 9.17) is 0 Å². The highest BCUT2D eigenvalue weighted by Crippen LogP contribution is 2.30. The van der Waals surface area contributed by atoms with Gasteiger partial charge in [-0.15, -0.1) is 6.58 Å². The molecular formula is C16H20N2O3. The van der Waals surface area contributed by atoms with Crippen molar-refractivity contribution in [1.29, 1.82) is 0 Å². The van der Waals surface area contributed by atoms with Gasteiger partial charge in [-0.05, 0) is 25.0 Å². The average molecular weight is 288 g/mol. The molecule has 1 heterocycles. The van der Waals surface area contributed by atoms with E-state index in [-0.39, 0.29) is 12.6 Å². The van der Waals surface area contributed by atoms with Crippen molar-refractivity contribution in [3.8, 4) is 0 Å². The molecule has 2 rings (SSSR count). The van der Waals surface area contributed by atoms with Gasteiger partial charge in [0.1, 0.15) is 0 Å². The van der Waals surface area contributed by atoms with Crippen LogP contribution >= 0.6 is 0 Å². The fraction of sp³-hybridized carbons (Fsp3) is 0.375. The maximum absolute atomic E-state index is 12.7. The van der Waals surface area contributed by atoms with Crippen LogP contribution in [0.1, 0.15) is 12.5 Å². The topological polar surface area (TPSA) is 60.9 Å². The lowest BCUT2D eigenvalue weighted by atomic mass is 9.93. The predicted octanol–water partition coefficient (Wildman–Crippen LogP) is 2.38. The lowest BCUT2D eigenvalue weighted by molar-refractivity contribution is -0.141. The second kappa shape index (κ2) is 6.43.